The summed E-state index contributed by atoms with van der Waals surface area (Å²) in [6.45, 7) is 1.19. The summed E-state index contributed by atoms with van der Waals surface area (Å²) < 4.78 is 26.6. The highest BCUT2D eigenvalue weighted by molar-refractivity contribution is 5.99. The minimum atomic E-state index is -0.990. The van der Waals surface area contributed by atoms with Crippen molar-refractivity contribution in [3.8, 4) is 0 Å². The number of halogens is 2. The van der Waals surface area contributed by atoms with Crippen LogP contribution in [0.2, 0.25) is 0 Å². The van der Waals surface area contributed by atoms with Crippen molar-refractivity contribution in [1.29, 1.82) is 0 Å². The number of hydrogen-bond donors (Lipinski definition) is 0. The Kier molecular flexibility index (Phi) is 3.02. The van der Waals surface area contributed by atoms with Crippen molar-refractivity contribution in [3.05, 3.63) is 34.9 Å². The zero-order valence-electron chi connectivity index (χ0n) is 9.24. The van der Waals surface area contributed by atoms with Gasteiger partial charge in [-0.15, -0.1) is 0 Å². The molecule has 1 aliphatic heterocycles. The van der Waals surface area contributed by atoms with Gasteiger partial charge in [0.2, 0.25) is 0 Å². The van der Waals surface area contributed by atoms with Crippen molar-refractivity contribution < 1.29 is 18.4 Å². The molecule has 1 aromatic rings. The summed E-state index contributed by atoms with van der Waals surface area (Å²) in [7, 11) is 1.86. The molecule has 1 aromatic carbocycles. The van der Waals surface area contributed by atoms with Crippen LogP contribution in [0.1, 0.15) is 20.7 Å². The Morgan fingerprint density at radius 2 is 1.88 bits per heavy atom. The topological polar surface area (TPSA) is 37.4 Å². The van der Waals surface area contributed by atoms with Crippen molar-refractivity contribution in [2.75, 3.05) is 20.1 Å². The molecule has 0 spiro atoms. The van der Waals surface area contributed by atoms with Gasteiger partial charge in [0.05, 0.1) is 5.56 Å². The Balaban J connectivity index is 2.28. The largest absolute Gasteiger partial charge is 0.305 e. The van der Waals surface area contributed by atoms with Crippen LogP contribution in [0.4, 0.5) is 8.78 Å². The van der Waals surface area contributed by atoms with Crippen LogP contribution < -0.4 is 0 Å². The lowest BCUT2D eigenvalue weighted by molar-refractivity contribution is 0.0701. The molecule has 2 rings (SSSR count). The Morgan fingerprint density at radius 1 is 1.35 bits per heavy atom. The summed E-state index contributed by atoms with van der Waals surface area (Å²) in [5.41, 5.74) is -0.643. The van der Waals surface area contributed by atoms with E-state index in [0.717, 1.165) is 12.1 Å². The number of ketones is 1. The van der Waals surface area contributed by atoms with Gasteiger partial charge in [-0.3, -0.25) is 9.59 Å². The molecular formula is C12H11F2NO2. The second-order valence-corrected chi connectivity index (χ2v) is 4.25. The van der Waals surface area contributed by atoms with Gasteiger partial charge in [0.25, 0.3) is 0 Å². The minimum Gasteiger partial charge on any atom is -0.305 e. The van der Waals surface area contributed by atoms with Gasteiger partial charge in [-0.25, -0.2) is 8.78 Å². The molecule has 0 radical (unpaired) electrons. The van der Waals surface area contributed by atoms with E-state index in [9.17, 15) is 18.4 Å². The van der Waals surface area contributed by atoms with Gasteiger partial charge in [-0.2, -0.15) is 0 Å². The van der Waals surface area contributed by atoms with Crippen molar-refractivity contribution >= 4 is 12.1 Å². The van der Waals surface area contributed by atoms with Crippen LogP contribution in [-0.4, -0.2) is 37.1 Å². The summed E-state index contributed by atoms with van der Waals surface area (Å²) in [4.78, 5) is 24.2. The molecule has 90 valence electrons. The Hall–Kier alpha value is -1.62. The number of carbonyl (C=O) groups is 2. The normalized spacial score (nSPS) is 16.6. The van der Waals surface area contributed by atoms with Crippen LogP contribution in [0, 0.1) is 17.6 Å². The molecule has 17 heavy (non-hydrogen) atoms. The molecule has 1 aliphatic rings. The third-order valence-electron chi connectivity index (χ3n) is 2.92. The maximum atomic E-state index is 13.3. The lowest BCUT2D eigenvalue weighted by Gasteiger charge is -2.35. The average molecular weight is 239 g/mol. The van der Waals surface area contributed by atoms with Crippen LogP contribution in [0.15, 0.2) is 12.1 Å². The van der Waals surface area contributed by atoms with E-state index in [1.54, 1.807) is 0 Å². The highest BCUT2D eigenvalue weighted by Gasteiger charge is 2.31. The molecule has 3 nitrogen and oxygen atoms in total. The number of rotatable bonds is 3. The fraction of sp³-hybridized carbons (Fsp3) is 0.333. The molecule has 0 unspecified atom stereocenters. The first-order chi connectivity index (χ1) is 8.02. The molecule has 0 atom stereocenters. The summed E-state index contributed by atoms with van der Waals surface area (Å²) >= 11 is 0. The van der Waals surface area contributed by atoms with E-state index in [4.69, 9.17) is 0 Å². The summed E-state index contributed by atoms with van der Waals surface area (Å²) in [6.07, 6.45) is 0.107. The highest BCUT2D eigenvalue weighted by Crippen LogP contribution is 2.21. The standard InChI is InChI=1S/C12H11F2NO2/c1-15-4-8(5-15)12(17)7-2-10(13)9(6-16)11(14)3-7/h2-3,6,8H,4-5H2,1H3. The molecule has 5 heteroatoms. The molecule has 0 saturated carbocycles. The SMILES string of the molecule is CN1CC(C(=O)c2cc(F)c(C=O)c(F)c2)C1. The lowest BCUT2D eigenvalue weighted by Crippen LogP contribution is -2.47. The van der Waals surface area contributed by atoms with Crippen molar-refractivity contribution in [1.82, 2.24) is 4.90 Å². The van der Waals surface area contributed by atoms with E-state index in [-0.39, 0.29) is 23.6 Å². The van der Waals surface area contributed by atoms with Crippen LogP contribution >= 0.6 is 0 Å². The van der Waals surface area contributed by atoms with E-state index < -0.39 is 17.2 Å². The molecule has 0 bridgehead atoms. The second kappa shape index (κ2) is 4.33. The van der Waals surface area contributed by atoms with Crippen LogP contribution in [0.3, 0.4) is 0 Å². The van der Waals surface area contributed by atoms with Crippen LogP contribution in [0.25, 0.3) is 0 Å². The first-order valence-electron chi connectivity index (χ1n) is 5.20. The van der Waals surface area contributed by atoms with E-state index >= 15 is 0 Å². The van der Waals surface area contributed by atoms with Gasteiger partial charge in [0, 0.05) is 24.6 Å². The monoisotopic (exact) mass is 239 g/mol. The summed E-state index contributed by atoms with van der Waals surface area (Å²) in [6, 6.07) is 1.85. The highest BCUT2D eigenvalue weighted by atomic mass is 19.1. The van der Waals surface area contributed by atoms with E-state index in [1.807, 2.05) is 11.9 Å². The lowest BCUT2D eigenvalue weighted by atomic mass is 9.91. The minimum absolute atomic E-state index is 0.0105. The maximum absolute atomic E-state index is 13.3. The third kappa shape index (κ3) is 2.10. The summed E-state index contributed by atoms with van der Waals surface area (Å²) in [5, 5.41) is 0. The number of nitrogens with zero attached hydrogens (tertiary/aromatic N) is 1. The average Bonchev–Trinajstić information content (AvgIpc) is 2.23. The Labute approximate surface area is 97.0 Å². The predicted molar refractivity (Wildman–Crippen MR) is 57.1 cm³/mol. The number of aldehydes is 1. The first kappa shape index (κ1) is 11.9. The van der Waals surface area contributed by atoms with Crippen molar-refractivity contribution in [2.24, 2.45) is 5.92 Å². The van der Waals surface area contributed by atoms with E-state index in [1.165, 1.54) is 0 Å². The zero-order chi connectivity index (χ0) is 12.6. The predicted octanol–water partition coefficient (Wildman–Crippen LogP) is 1.52. The number of hydrogen-bond acceptors (Lipinski definition) is 3. The molecule has 1 fully saturated rings. The molecule has 1 saturated heterocycles. The number of benzene rings is 1. The van der Waals surface area contributed by atoms with Gasteiger partial charge in [-0.1, -0.05) is 0 Å². The van der Waals surface area contributed by atoms with Gasteiger partial charge in [0.15, 0.2) is 12.1 Å². The van der Waals surface area contributed by atoms with Crippen molar-refractivity contribution in [2.45, 2.75) is 0 Å². The molecule has 0 amide bonds. The fourth-order valence-electron chi connectivity index (χ4n) is 1.94. The van der Waals surface area contributed by atoms with Gasteiger partial charge < -0.3 is 4.90 Å². The second-order valence-electron chi connectivity index (χ2n) is 4.25. The summed E-state index contributed by atoms with van der Waals surface area (Å²) in [5.74, 6) is -2.47. The zero-order valence-corrected chi connectivity index (χ0v) is 9.24. The molecule has 0 aliphatic carbocycles. The Morgan fingerprint density at radius 3 is 2.29 bits per heavy atom. The molecular weight excluding hydrogens is 228 g/mol. The quantitative estimate of drug-likeness (QED) is 0.593. The van der Waals surface area contributed by atoms with Crippen LogP contribution in [0.5, 0.6) is 0 Å². The molecule has 0 N–H and O–H groups in total. The van der Waals surface area contributed by atoms with Gasteiger partial charge in [-0.05, 0) is 19.2 Å². The number of Topliss-reactive ketones (excluding diaryl/α,β-unsaturated/α-hetero) is 1. The Bertz CT molecular complexity index is 458. The third-order valence-corrected chi connectivity index (χ3v) is 2.92. The molecule has 0 aromatic heterocycles. The van der Waals surface area contributed by atoms with E-state index in [0.29, 0.717) is 13.1 Å². The first-order valence-corrected chi connectivity index (χ1v) is 5.20. The van der Waals surface area contributed by atoms with Gasteiger partial charge in [0.1, 0.15) is 11.6 Å². The smallest absolute Gasteiger partial charge is 0.168 e. The van der Waals surface area contributed by atoms with Crippen molar-refractivity contribution in [3.63, 3.8) is 0 Å². The molecule has 1 heterocycles. The van der Waals surface area contributed by atoms with E-state index in [2.05, 4.69) is 0 Å². The number of likely N-dealkylation sites (tertiary alicyclic amines) is 1. The number of carbonyl (C=O) groups excluding carboxylic acids is 2. The fourth-order valence-corrected chi connectivity index (χ4v) is 1.94. The van der Waals surface area contributed by atoms with Gasteiger partial charge >= 0.3 is 0 Å². The van der Waals surface area contributed by atoms with Crippen LogP contribution in [-0.2, 0) is 0 Å². The maximum Gasteiger partial charge on any atom is 0.168 e.